The second-order valence-corrected chi connectivity index (χ2v) is 3.58. The van der Waals surface area contributed by atoms with Gasteiger partial charge in [-0.05, 0) is 30.9 Å². The van der Waals surface area contributed by atoms with E-state index in [4.69, 9.17) is 9.84 Å². The van der Waals surface area contributed by atoms with Crippen LogP contribution in [0, 0.1) is 0 Å². The lowest BCUT2D eigenvalue weighted by Gasteiger charge is -2.07. The van der Waals surface area contributed by atoms with Crippen molar-refractivity contribution in [3.63, 3.8) is 0 Å². The minimum atomic E-state index is -0.268. The summed E-state index contributed by atoms with van der Waals surface area (Å²) in [5.74, 6) is -0.268. The van der Waals surface area contributed by atoms with Crippen LogP contribution < -0.4 is 0 Å². The minimum absolute atomic E-state index is 0.142. The SMILES string of the molecule is CCc1ccccc1C(=O)OCCCCO. The molecule has 16 heavy (non-hydrogen) atoms. The highest BCUT2D eigenvalue weighted by Gasteiger charge is 2.10. The first-order valence-electron chi connectivity index (χ1n) is 5.65. The molecule has 0 heterocycles. The number of esters is 1. The molecule has 0 radical (unpaired) electrons. The monoisotopic (exact) mass is 222 g/mol. The third-order valence-electron chi connectivity index (χ3n) is 2.40. The van der Waals surface area contributed by atoms with E-state index in [1.54, 1.807) is 6.07 Å². The first-order chi connectivity index (χ1) is 7.79. The van der Waals surface area contributed by atoms with Crippen molar-refractivity contribution in [2.45, 2.75) is 26.2 Å². The van der Waals surface area contributed by atoms with Gasteiger partial charge in [-0.15, -0.1) is 0 Å². The Kier molecular flexibility index (Phi) is 5.57. The van der Waals surface area contributed by atoms with Crippen LogP contribution in [-0.4, -0.2) is 24.3 Å². The molecular formula is C13H18O3. The fourth-order valence-corrected chi connectivity index (χ4v) is 1.48. The summed E-state index contributed by atoms with van der Waals surface area (Å²) in [5, 5.41) is 8.59. The number of unbranched alkanes of at least 4 members (excludes halogenated alkanes) is 1. The zero-order valence-corrected chi connectivity index (χ0v) is 9.61. The Morgan fingerprint density at radius 2 is 2.06 bits per heavy atom. The molecule has 1 N–H and O–H groups in total. The molecule has 0 amide bonds. The summed E-state index contributed by atoms with van der Waals surface area (Å²) in [5.41, 5.74) is 1.66. The Bertz CT molecular complexity index is 334. The van der Waals surface area contributed by atoms with Crippen molar-refractivity contribution in [2.75, 3.05) is 13.2 Å². The van der Waals surface area contributed by atoms with E-state index in [1.165, 1.54) is 0 Å². The van der Waals surface area contributed by atoms with Crippen LogP contribution >= 0.6 is 0 Å². The molecule has 0 aliphatic rings. The van der Waals surface area contributed by atoms with Gasteiger partial charge in [0.25, 0.3) is 0 Å². The Morgan fingerprint density at radius 1 is 1.31 bits per heavy atom. The third kappa shape index (κ3) is 3.66. The highest BCUT2D eigenvalue weighted by atomic mass is 16.5. The summed E-state index contributed by atoms with van der Waals surface area (Å²) in [7, 11) is 0. The lowest BCUT2D eigenvalue weighted by Crippen LogP contribution is -2.09. The molecule has 0 atom stereocenters. The highest BCUT2D eigenvalue weighted by molar-refractivity contribution is 5.91. The smallest absolute Gasteiger partial charge is 0.338 e. The van der Waals surface area contributed by atoms with Crippen molar-refractivity contribution in [1.29, 1.82) is 0 Å². The number of carbonyl (C=O) groups excluding carboxylic acids is 1. The molecule has 0 spiro atoms. The van der Waals surface area contributed by atoms with E-state index < -0.39 is 0 Å². The molecular weight excluding hydrogens is 204 g/mol. The number of rotatable bonds is 6. The maximum absolute atomic E-state index is 11.7. The van der Waals surface area contributed by atoms with Crippen LogP contribution in [0.25, 0.3) is 0 Å². The average molecular weight is 222 g/mol. The molecule has 0 aromatic heterocycles. The molecule has 3 heteroatoms. The van der Waals surface area contributed by atoms with Gasteiger partial charge in [-0.3, -0.25) is 0 Å². The second kappa shape index (κ2) is 7.01. The van der Waals surface area contributed by atoms with Gasteiger partial charge in [-0.2, -0.15) is 0 Å². The summed E-state index contributed by atoms with van der Waals surface area (Å²) in [6.07, 6.45) is 2.20. The highest BCUT2D eigenvalue weighted by Crippen LogP contribution is 2.11. The molecule has 0 fully saturated rings. The molecule has 0 bridgehead atoms. The van der Waals surface area contributed by atoms with E-state index in [1.807, 2.05) is 25.1 Å². The van der Waals surface area contributed by atoms with Gasteiger partial charge < -0.3 is 9.84 Å². The number of hydrogen-bond donors (Lipinski definition) is 1. The number of benzene rings is 1. The van der Waals surface area contributed by atoms with Gasteiger partial charge in [0.15, 0.2) is 0 Å². The topological polar surface area (TPSA) is 46.5 Å². The van der Waals surface area contributed by atoms with Crippen molar-refractivity contribution < 1.29 is 14.6 Å². The summed E-state index contributed by atoms with van der Waals surface area (Å²) in [4.78, 5) is 11.7. The molecule has 1 aromatic rings. The van der Waals surface area contributed by atoms with E-state index in [2.05, 4.69) is 0 Å². The van der Waals surface area contributed by atoms with Crippen LogP contribution in [0.15, 0.2) is 24.3 Å². The molecule has 0 saturated carbocycles. The molecule has 1 aromatic carbocycles. The Hall–Kier alpha value is -1.35. The molecule has 0 aliphatic carbocycles. The van der Waals surface area contributed by atoms with Gasteiger partial charge >= 0.3 is 5.97 Å². The number of carbonyl (C=O) groups is 1. The molecule has 0 unspecified atom stereocenters. The normalized spacial score (nSPS) is 10.1. The van der Waals surface area contributed by atoms with Gasteiger partial charge in [0, 0.05) is 6.61 Å². The maximum Gasteiger partial charge on any atom is 0.338 e. The quantitative estimate of drug-likeness (QED) is 0.592. The maximum atomic E-state index is 11.7. The summed E-state index contributed by atoms with van der Waals surface area (Å²) in [6.45, 7) is 2.53. The average Bonchev–Trinajstić information content (AvgIpc) is 2.34. The Morgan fingerprint density at radius 3 is 2.75 bits per heavy atom. The Balaban J connectivity index is 2.52. The second-order valence-electron chi connectivity index (χ2n) is 3.58. The summed E-state index contributed by atoms with van der Waals surface area (Å²) < 4.78 is 5.12. The van der Waals surface area contributed by atoms with Crippen LogP contribution in [0.5, 0.6) is 0 Å². The van der Waals surface area contributed by atoms with E-state index in [-0.39, 0.29) is 12.6 Å². The lowest BCUT2D eigenvalue weighted by molar-refractivity contribution is 0.0491. The summed E-state index contributed by atoms with van der Waals surface area (Å²) >= 11 is 0. The van der Waals surface area contributed by atoms with Crippen molar-refractivity contribution in [3.05, 3.63) is 35.4 Å². The molecule has 88 valence electrons. The zero-order chi connectivity index (χ0) is 11.8. The van der Waals surface area contributed by atoms with Gasteiger partial charge in [-0.25, -0.2) is 4.79 Å². The van der Waals surface area contributed by atoms with Crippen LogP contribution in [0.1, 0.15) is 35.7 Å². The molecule has 0 saturated heterocycles. The Labute approximate surface area is 96.1 Å². The van der Waals surface area contributed by atoms with Crippen LogP contribution in [0.2, 0.25) is 0 Å². The fourth-order valence-electron chi connectivity index (χ4n) is 1.48. The zero-order valence-electron chi connectivity index (χ0n) is 9.61. The van der Waals surface area contributed by atoms with Crippen LogP contribution in [0.3, 0.4) is 0 Å². The fraction of sp³-hybridized carbons (Fsp3) is 0.462. The number of aliphatic hydroxyl groups is 1. The standard InChI is InChI=1S/C13H18O3/c1-2-11-7-3-4-8-12(11)13(15)16-10-6-5-9-14/h3-4,7-8,14H,2,5-6,9-10H2,1H3. The van der Waals surface area contributed by atoms with Crippen LogP contribution in [0.4, 0.5) is 0 Å². The first kappa shape index (κ1) is 12.7. The van der Waals surface area contributed by atoms with Gasteiger partial charge in [0.2, 0.25) is 0 Å². The van der Waals surface area contributed by atoms with Crippen molar-refractivity contribution in [3.8, 4) is 0 Å². The van der Waals surface area contributed by atoms with E-state index in [9.17, 15) is 4.79 Å². The lowest BCUT2D eigenvalue weighted by atomic mass is 10.1. The number of aliphatic hydroxyl groups excluding tert-OH is 1. The third-order valence-corrected chi connectivity index (χ3v) is 2.40. The number of aryl methyl sites for hydroxylation is 1. The predicted molar refractivity (Wildman–Crippen MR) is 62.4 cm³/mol. The van der Waals surface area contributed by atoms with Gasteiger partial charge in [0.1, 0.15) is 0 Å². The van der Waals surface area contributed by atoms with Crippen LogP contribution in [-0.2, 0) is 11.2 Å². The van der Waals surface area contributed by atoms with Crippen molar-refractivity contribution in [1.82, 2.24) is 0 Å². The van der Waals surface area contributed by atoms with E-state index >= 15 is 0 Å². The predicted octanol–water partition coefficient (Wildman–Crippen LogP) is 2.18. The molecule has 0 aliphatic heterocycles. The minimum Gasteiger partial charge on any atom is -0.462 e. The molecule has 3 nitrogen and oxygen atoms in total. The largest absolute Gasteiger partial charge is 0.462 e. The van der Waals surface area contributed by atoms with Crippen molar-refractivity contribution in [2.24, 2.45) is 0 Å². The van der Waals surface area contributed by atoms with Gasteiger partial charge in [-0.1, -0.05) is 25.1 Å². The number of hydrogen-bond acceptors (Lipinski definition) is 3. The molecule has 1 rings (SSSR count). The van der Waals surface area contributed by atoms with Crippen molar-refractivity contribution >= 4 is 5.97 Å². The van der Waals surface area contributed by atoms with Gasteiger partial charge in [0.05, 0.1) is 12.2 Å². The first-order valence-corrected chi connectivity index (χ1v) is 5.65. The van der Waals surface area contributed by atoms with E-state index in [0.717, 1.165) is 12.0 Å². The number of ether oxygens (including phenoxy) is 1. The van der Waals surface area contributed by atoms with E-state index in [0.29, 0.717) is 25.0 Å². The summed E-state index contributed by atoms with van der Waals surface area (Å²) in [6, 6.07) is 7.47.